The molecule has 0 atom stereocenters. The Morgan fingerprint density at radius 2 is 1.92 bits per heavy atom. The third-order valence-corrected chi connectivity index (χ3v) is 2.43. The number of hydrogen-bond acceptors (Lipinski definition) is 3. The van der Waals surface area contributed by atoms with Crippen LogP contribution in [0.2, 0.25) is 0 Å². The van der Waals surface area contributed by atoms with Gasteiger partial charge in [0.05, 0.1) is 18.7 Å². The number of phenols is 1. The summed E-state index contributed by atoms with van der Waals surface area (Å²) in [4.78, 5) is 0. The molecule has 0 aromatic heterocycles. The fourth-order valence-corrected chi connectivity index (χ4v) is 1.65. The molecule has 0 radical (unpaired) electrons. The number of phenolic OH excluding ortho intramolecular Hbond substituents is 1. The maximum absolute atomic E-state index is 9.66. The maximum atomic E-state index is 9.66. The third kappa shape index (κ3) is 1.72. The highest BCUT2D eigenvalue weighted by Gasteiger charge is 2.13. The van der Waals surface area contributed by atoms with Gasteiger partial charge in [0.2, 0.25) is 0 Å². The van der Waals surface area contributed by atoms with Crippen molar-refractivity contribution in [3.05, 3.63) is 16.1 Å². The molecule has 3 nitrogen and oxygen atoms in total. The summed E-state index contributed by atoms with van der Waals surface area (Å²) in [7, 11) is 3.06. The Morgan fingerprint density at radius 1 is 1.31 bits per heavy atom. The Kier molecular flexibility index (Phi) is 3.03. The van der Waals surface area contributed by atoms with Gasteiger partial charge in [0.15, 0.2) is 11.5 Å². The molecular formula is C9H11BrO3. The molecule has 0 spiro atoms. The lowest BCUT2D eigenvalue weighted by Gasteiger charge is -2.11. The van der Waals surface area contributed by atoms with Crippen molar-refractivity contribution in [2.45, 2.75) is 6.92 Å². The van der Waals surface area contributed by atoms with Crippen molar-refractivity contribution in [2.24, 2.45) is 0 Å². The minimum absolute atomic E-state index is 0.105. The zero-order chi connectivity index (χ0) is 10.0. The molecule has 1 aromatic carbocycles. The van der Waals surface area contributed by atoms with Crippen LogP contribution in [-0.4, -0.2) is 19.3 Å². The zero-order valence-electron chi connectivity index (χ0n) is 7.72. The van der Waals surface area contributed by atoms with Gasteiger partial charge in [-0.1, -0.05) is 0 Å². The highest BCUT2D eigenvalue weighted by atomic mass is 79.9. The van der Waals surface area contributed by atoms with E-state index in [2.05, 4.69) is 15.9 Å². The van der Waals surface area contributed by atoms with Crippen molar-refractivity contribution in [1.29, 1.82) is 0 Å². The average Bonchev–Trinajstić information content (AvgIpc) is 2.12. The van der Waals surface area contributed by atoms with E-state index in [0.29, 0.717) is 21.5 Å². The van der Waals surface area contributed by atoms with Gasteiger partial charge < -0.3 is 14.6 Å². The van der Waals surface area contributed by atoms with Crippen molar-refractivity contribution in [1.82, 2.24) is 0 Å². The lowest BCUT2D eigenvalue weighted by molar-refractivity contribution is 0.360. The van der Waals surface area contributed by atoms with E-state index >= 15 is 0 Å². The Labute approximate surface area is 85.4 Å². The normalized spacial score (nSPS) is 9.85. The highest BCUT2D eigenvalue weighted by molar-refractivity contribution is 9.10. The Hall–Kier alpha value is -0.900. The molecule has 0 bridgehead atoms. The summed E-state index contributed by atoms with van der Waals surface area (Å²) in [5.74, 6) is 1.16. The molecule has 0 aliphatic heterocycles. The highest BCUT2D eigenvalue weighted by Crippen LogP contribution is 2.41. The predicted molar refractivity (Wildman–Crippen MR) is 53.6 cm³/mol. The van der Waals surface area contributed by atoms with Gasteiger partial charge in [-0.05, 0) is 28.9 Å². The van der Waals surface area contributed by atoms with E-state index < -0.39 is 0 Å². The Balaban J connectivity index is 3.37. The molecule has 0 amide bonds. The summed E-state index contributed by atoms with van der Waals surface area (Å²) in [6.07, 6.45) is 0. The van der Waals surface area contributed by atoms with Crippen LogP contribution in [-0.2, 0) is 0 Å². The molecule has 0 fully saturated rings. The summed E-state index contributed by atoms with van der Waals surface area (Å²) >= 11 is 3.27. The largest absolute Gasteiger partial charge is 0.504 e. The standard InChI is InChI=1S/C9H11BrO3/c1-5-7(12-2)4-6(10)9(13-3)8(5)11/h4,11H,1-3H3. The first-order valence-corrected chi connectivity index (χ1v) is 4.51. The minimum Gasteiger partial charge on any atom is -0.504 e. The minimum atomic E-state index is 0.105. The van der Waals surface area contributed by atoms with E-state index in [0.717, 1.165) is 0 Å². The first kappa shape index (κ1) is 10.2. The van der Waals surface area contributed by atoms with Gasteiger partial charge >= 0.3 is 0 Å². The van der Waals surface area contributed by atoms with Crippen LogP contribution >= 0.6 is 15.9 Å². The topological polar surface area (TPSA) is 38.7 Å². The van der Waals surface area contributed by atoms with Crippen LogP contribution in [0.1, 0.15) is 5.56 Å². The Bertz CT molecular complexity index is 323. The molecule has 0 saturated carbocycles. The van der Waals surface area contributed by atoms with Gasteiger partial charge in [-0.2, -0.15) is 0 Å². The molecule has 13 heavy (non-hydrogen) atoms. The summed E-state index contributed by atoms with van der Waals surface area (Å²) < 4.78 is 10.7. The van der Waals surface area contributed by atoms with Crippen molar-refractivity contribution in [2.75, 3.05) is 14.2 Å². The smallest absolute Gasteiger partial charge is 0.175 e. The average molecular weight is 247 g/mol. The number of methoxy groups -OCH3 is 2. The molecular weight excluding hydrogens is 236 g/mol. The van der Waals surface area contributed by atoms with Crippen LogP contribution in [0.15, 0.2) is 10.5 Å². The number of ether oxygens (including phenoxy) is 2. The van der Waals surface area contributed by atoms with Gasteiger partial charge in [-0.3, -0.25) is 0 Å². The first-order valence-electron chi connectivity index (χ1n) is 3.71. The third-order valence-electron chi connectivity index (χ3n) is 1.84. The van der Waals surface area contributed by atoms with E-state index in [-0.39, 0.29) is 5.75 Å². The molecule has 1 N–H and O–H groups in total. The van der Waals surface area contributed by atoms with Gasteiger partial charge in [0, 0.05) is 5.56 Å². The second kappa shape index (κ2) is 3.87. The molecule has 0 aliphatic carbocycles. The van der Waals surface area contributed by atoms with Gasteiger partial charge in [-0.15, -0.1) is 0 Å². The van der Waals surface area contributed by atoms with Gasteiger partial charge in [-0.25, -0.2) is 0 Å². The predicted octanol–water partition coefficient (Wildman–Crippen LogP) is 2.48. The molecule has 1 aromatic rings. The van der Waals surface area contributed by atoms with E-state index in [1.807, 2.05) is 0 Å². The van der Waals surface area contributed by atoms with Gasteiger partial charge in [0.1, 0.15) is 5.75 Å². The van der Waals surface area contributed by atoms with Gasteiger partial charge in [0.25, 0.3) is 0 Å². The van der Waals surface area contributed by atoms with Crippen molar-refractivity contribution >= 4 is 15.9 Å². The van der Waals surface area contributed by atoms with Crippen molar-refractivity contribution < 1.29 is 14.6 Å². The summed E-state index contributed by atoms with van der Waals surface area (Å²) in [5.41, 5.74) is 0.669. The number of hydrogen-bond donors (Lipinski definition) is 1. The van der Waals surface area contributed by atoms with Crippen LogP contribution in [0, 0.1) is 6.92 Å². The summed E-state index contributed by atoms with van der Waals surface area (Å²) in [5, 5.41) is 9.66. The second-order valence-corrected chi connectivity index (χ2v) is 3.42. The lowest BCUT2D eigenvalue weighted by Crippen LogP contribution is -1.92. The van der Waals surface area contributed by atoms with E-state index in [4.69, 9.17) is 9.47 Å². The summed E-state index contributed by atoms with van der Waals surface area (Å²) in [6.45, 7) is 1.77. The van der Waals surface area contributed by atoms with Crippen LogP contribution in [0.3, 0.4) is 0 Å². The van der Waals surface area contributed by atoms with E-state index in [1.54, 1.807) is 20.1 Å². The van der Waals surface area contributed by atoms with E-state index in [9.17, 15) is 5.11 Å². The number of rotatable bonds is 2. The monoisotopic (exact) mass is 246 g/mol. The number of halogens is 1. The second-order valence-electron chi connectivity index (χ2n) is 2.57. The molecule has 4 heteroatoms. The van der Waals surface area contributed by atoms with E-state index in [1.165, 1.54) is 7.11 Å². The Morgan fingerprint density at radius 3 is 2.38 bits per heavy atom. The quantitative estimate of drug-likeness (QED) is 0.872. The molecule has 0 aliphatic rings. The lowest BCUT2D eigenvalue weighted by atomic mass is 10.2. The van der Waals surface area contributed by atoms with Crippen LogP contribution in [0.25, 0.3) is 0 Å². The molecule has 1 rings (SSSR count). The van der Waals surface area contributed by atoms with Crippen molar-refractivity contribution in [3.63, 3.8) is 0 Å². The van der Waals surface area contributed by atoms with Crippen LogP contribution < -0.4 is 9.47 Å². The van der Waals surface area contributed by atoms with Crippen LogP contribution in [0.5, 0.6) is 17.2 Å². The number of benzene rings is 1. The molecule has 0 heterocycles. The molecule has 0 saturated heterocycles. The fraction of sp³-hybridized carbons (Fsp3) is 0.333. The van der Waals surface area contributed by atoms with Crippen molar-refractivity contribution in [3.8, 4) is 17.2 Å². The number of aromatic hydroxyl groups is 1. The maximum Gasteiger partial charge on any atom is 0.175 e. The first-order chi connectivity index (χ1) is 6.11. The summed E-state index contributed by atoms with van der Waals surface area (Å²) in [6, 6.07) is 1.76. The fourth-order valence-electron chi connectivity index (χ4n) is 1.10. The van der Waals surface area contributed by atoms with Crippen LogP contribution in [0.4, 0.5) is 0 Å². The zero-order valence-corrected chi connectivity index (χ0v) is 9.31. The SMILES string of the molecule is COc1cc(Br)c(OC)c(O)c1C. The molecule has 0 unspecified atom stereocenters. The molecule has 72 valence electrons.